The first kappa shape index (κ1) is 21.7. The average Bonchev–Trinajstić information content (AvgIpc) is 3.00. The van der Waals surface area contributed by atoms with Crippen molar-refractivity contribution in [1.29, 1.82) is 0 Å². The van der Waals surface area contributed by atoms with E-state index < -0.39 is 5.41 Å². The molecule has 1 saturated heterocycles. The minimum Gasteiger partial charge on any atom is -0.384 e. The molecule has 1 aliphatic rings. The van der Waals surface area contributed by atoms with Gasteiger partial charge in [0.2, 0.25) is 5.91 Å². The van der Waals surface area contributed by atoms with Crippen LogP contribution in [0.25, 0.3) is 11.0 Å². The highest BCUT2D eigenvalue weighted by atomic mass is 35.5. The van der Waals surface area contributed by atoms with Gasteiger partial charge in [-0.3, -0.25) is 4.79 Å². The molecule has 0 saturated carbocycles. The molecule has 1 fully saturated rings. The lowest BCUT2D eigenvalue weighted by atomic mass is 9.78. The number of aromatic amines is 1. The second-order valence-corrected chi connectivity index (χ2v) is 6.30. The Labute approximate surface area is 160 Å². The fourth-order valence-corrected chi connectivity index (χ4v) is 3.21. The molecule has 1 aliphatic heterocycles. The summed E-state index contributed by atoms with van der Waals surface area (Å²) in [5, 5.41) is 6.41. The summed E-state index contributed by atoms with van der Waals surface area (Å²) in [6.45, 7) is 4.09. The monoisotopic (exact) mass is 388 g/mol. The minimum absolute atomic E-state index is 0. The first-order valence-electron chi connectivity index (χ1n) is 8.10. The smallest absolute Gasteiger partial charge is 0.229 e. The number of methoxy groups -OCH3 is 1. The van der Waals surface area contributed by atoms with Crippen LogP contribution in [-0.4, -0.2) is 42.7 Å². The Morgan fingerprint density at radius 2 is 2.00 bits per heavy atom. The maximum absolute atomic E-state index is 12.8. The molecule has 1 aromatic heterocycles. The van der Waals surface area contributed by atoms with E-state index in [9.17, 15) is 4.79 Å². The van der Waals surface area contributed by atoms with Crippen molar-refractivity contribution < 1.29 is 9.53 Å². The van der Waals surface area contributed by atoms with E-state index in [1.54, 1.807) is 7.11 Å². The molecule has 25 heavy (non-hydrogen) atoms. The number of amides is 1. The molecule has 1 aromatic carbocycles. The maximum atomic E-state index is 12.8. The summed E-state index contributed by atoms with van der Waals surface area (Å²) in [6, 6.07) is 7.70. The van der Waals surface area contributed by atoms with Crippen LogP contribution in [0.15, 0.2) is 24.3 Å². The van der Waals surface area contributed by atoms with Crippen LogP contribution in [0.4, 0.5) is 0 Å². The predicted octanol–water partition coefficient (Wildman–Crippen LogP) is 2.60. The molecule has 3 N–H and O–H groups in total. The number of hydrogen-bond acceptors (Lipinski definition) is 4. The van der Waals surface area contributed by atoms with Crippen LogP contribution < -0.4 is 10.6 Å². The lowest BCUT2D eigenvalue weighted by Gasteiger charge is -2.36. The van der Waals surface area contributed by atoms with Gasteiger partial charge < -0.3 is 20.4 Å². The van der Waals surface area contributed by atoms with Gasteiger partial charge >= 0.3 is 0 Å². The van der Waals surface area contributed by atoms with Crippen LogP contribution in [0.1, 0.15) is 31.6 Å². The van der Waals surface area contributed by atoms with Crippen molar-refractivity contribution >= 4 is 41.8 Å². The summed E-state index contributed by atoms with van der Waals surface area (Å²) >= 11 is 0. The number of fused-ring (bicyclic) bond motifs is 1. The maximum Gasteiger partial charge on any atom is 0.229 e. The molecule has 0 radical (unpaired) electrons. The summed E-state index contributed by atoms with van der Waals surface area (Å²) in [5.41, 5.74) is 1.45. The van der Waals surface area contributed by atoms with E-state index in [0.717, 1.165) is 42.8 Å². The number of carbonyl (C=O) groups excluding carboxylic acids is 1. The number of nitrogens with zero attached hydrogens (tertiary/aromatic N) is 1. The zero-order chi connectivity index (χ0) is 16.3. The van der Waals surface area contributed by atoms with E-state index in [1.807, 2.05) is 31.2 Å². The largest absolute Gasteiger partial charge is 0.384 e. The highest BCUT2D eigenvalue weighted by Gasteiger charge is 2.40. The summed E-state index contributed by atoms with van der Waals surface area (Å²) < 4.78 is 5.33. The molecule has 1 atom stereocenters. The quantitative estimate of drug-likeness (QED) is 0.735. The first-order valence-corrected chi connectivity index (χ1v) is 8.10. The molecule has 0 aliphatic carbocycles. The van der Waals surface area contributed by atoms with E-state index >= 15 is 0 Å². The van der Waals surface area contributed by atoms with Crippen molar-refractivity contribution in [3.63, 3.8) is 0 Å². The van der Waals surface area contributed by atoms with Crippen molar-refractivity contribution in [2.75, 3.05) is 26.8 Å². The second kappa shape index (κ2) is 9.38. The Morgan fingerprint density at radius 3 is 2.64 bits per heavy atom. The van der Waals surface area contributed by atoms with Crippen LogP contribution >= 0.6 is 24.8 Å². The van der Waals surface area contributed by atoms with Crippen molar-refractivity contribution in [3.05, 3.63) is 30.1 Å². The third-order valence-corrected chi connectivity index (χ3v) is 4.63. The topological polar surface area (TPSA) is 79.0 Å². The summed E-state index contributed by atoms with van der Waals surface area (Å²) in [5.74, 6) is 0.829. The van der Waals surface area contributed by atoms with Crippen LogP contribution in [-0.2, 0) is 9.53 Å². The Hall–Kier alpha value is -1.34. The fourth-order valence-electron chi connectivity index (χ4n) is 3.21. The standard InChI is InChI=1S/C17H24N4O2.2ClH/c1-12(15-20-13-5-3-4-6-14(13)21-15)19-16(22)17(11-23-2)7-9-18-10-8-17;;/h3-6,12,18H,7-11H2,1-2H3,(H,19,22)(H,20,21);2*1H. The van der Waals surface area contributed by atoms with Gasteiger partial charge in [-0.1, -0.05) is 12.1 Å². The first-order chi connectivity index (χ1) is 11.1. The van der Waals surface area contributed by atoms with Crippen molar-refractivity contribution in [1.82, 2.24) is 20.6 Å². The second-order valence-electron chi connectivity index (χ2n) is 6.30. The number of para-hydroxylation sites is 2. The third kappa shape index (κ3) is 4.64. The number of benzene rings is 1. The molecule has 0 bridgehead atoms. The molecular weight excluding hydrogens is 363 g/mol. The molecule has 2 heterocycles. The van der Waals surface area contributed by atoms with Crippen LogP contribution in [0.3, 0.4) is 0 Å². The lowest BCUT2D eigenvalue weighted by molar-refractivity contribution is -0.137. The summed E-state index contributed by atoms with van der Waals surface area (Å²) in [7, 11) is 1.65. The van der Waals surface area contributed by atoms with Gasteiger partial charge in [0.1, 0.15) is 5.82 Å². The van der Waals surface area contributed by atoms with Crippen molar-refractivity contribution in [3.8, 4) is 0 Å². The molecule has 140 valence electrons. The number of rotatable bonds is 5. The normalized spacial score (nSPS) is 17.2. The zero-order valence-corrected chi connectivity index (χ0v) is 16.1. The molecule has 1 amide bonds. The van der Waals surface area contributed by atoms with E-state index in [1.165, 1.54) is 0 Å². The molecule has 3 rings (SSSR count). The van der Waals surface area contributed by atoms with Crippen LogP contribution in [0.5, 0.6) is 0 Å². The number of ether oxygens (including phenoxy) is 1. The summed E-state index contributed by atoms with van der Waals surface area (Å²) in [4.78, 5) is 20.7. The van der Waals surface area contributed by atoms with E-state index in [4.69, 9.17) is 4.74 Å². The van der Waals surface area contributed by atoms with Gasteiger partial charge in [-0.15, -0.1) is 24.8 Å². The van der Waals surface area contributed by atoms with E-state index in [0.29, 0.717) is 6.61 Å². The number of carbonyl (C=O) groups is 1. The van der Waals surface area contributed by atoms with Gasteiger partial charge in [-0.2, -0.15) is 0 Å². The molecular formula is C17H26Cl2N4O2. The van der Waals surface area contributed by atoms with Gasteiger partial charge in [-0.25, -0.2) is 4.98 Å². The number of H-pyrrole nitrogens is 1. The number of imidazole rings is 1. The average molecular weight is 389 g/mol. The Balaban J connectivity index is 0.00000156. The van der Waals surface area contributed by atoms with E-state index in [-0.39, 0.29) is 36.8 Å². The highest BCUT2D eigenvalue weighted by Crippen LogP contribution is 2.30. The Bertz CT molecular complexity index is 648. The Morgan fingerprint density at radius 1 is 1.32 bits per heavy atom. The molecule has 0 spiro atoms. The third-order valence-electron chi connectivity index (χ3n) is 4.63. The van der Waals surface area contributed by atoms with Gasteiger partial charge in [-0.05, 0) is 45.0 Å². The van der Waals surface area contributed by atoms with Crippen LogP contribution in [0, 0.1) is 5.41 Å². The highest BCUT2D eigenvalue weighted by molar-refractivity contribution is 5.85. The number of nitrogens with one attached hydrogen (secondary N) is 3. The number of piperidine rings is 1. The fraction of sp³-hybridized carbons (Fsp3) is 0.529. The summed E-state index contributed by atoms with van der Waals surface area (Å²) in [6.07, 6.45) is 1.58. The molecule has 6 nitrogen and oxygen atoms in total. The van der Waals surface area contributed by atoms with Crippen LogP contribution in [0.2, 0.25) is 0 Å². The number of aromatic nitrogens is 2. The van der Waals surface area contributed by atoms with Gasteiger partial charge in [0, 0.05) is 7.11 Å². The van der Waals surface area contributed by atoms with E-state index in [2.05, 4.69) is 20.6 Å². The van der Waals surface area contributed by atoms with Crippen molar-refractivity contribution in [2.24, 2.45) is 5.41 Å². The number of halogens is 2. The SMILES string of the molecule is COCC1(C(=O)NC(C)c2nc3ccccc3[nH]2)CCNCC1.Cl.Cl. The zero-order valence-electron chi connectivity index (χ0n) is 14.5. The van der Waals surface area contributed by atoms with Crippen molar-refractivity contribution in [2.45, 2.75) is 25.8 Å². The molecule has 8 heteroatoms. The van der Waals surface area contributed by atoms with Gasteiger partial charge in [0.05, 0.1) is 29.1 Å². The molecule has 1 unspecified atom stereocenters. The number of hydrogen-bond donors (Lipinski definition) is 3. The Kier molecular flexibility index (Phi) is 8.15. The lowest BCUT2D eigenvalue weighted by Crippen LogP contribution is -2.50. The van der Waals surface area contributed by atoms with Gasteiger partial charge in [0.25, 0.3) is 0 Å². The van der Waals surface area contributed by atoms with Gasteiger partial charge in [0.15, 0.2) is 0 Å². The molecule has 2 aromatic rings. The minimum atomic E-state index is -0.444. The predicted molar refractivity (Wildman–Crippen MR) is 104 cm³/mol.